The van der Waals surface area contributed by atoms with Crippen LogP contribution in [0.4, 0.5) is 19.0 Å². The number of hydrogen-bond donors (Lipinski definition) is 4. The van der Waals surface area contributed by atoms with Crippen LogP contribution < -0.4 is 21.7 Å². The number of likely N-dealkylation sites (tertiary alicyclic amines) is 1. The number of fused-ring (bicyclic) bond motifs is 1. The summed E-state index contributed by atoms with van der Waals surface area (Å²) in [6.07, 6.45) is 0.689. The van der Waals surface area contributed by atoms with Gasteiger partial charge in [-0.05, 0) is 77.6 Å². The van der Waals surface area contributed by atoms with Gasteiger partial charge in [0.1, 0.15) is 18.2 Å². The summed E-state index contributed by atoms with van der Waals surface area (Å²) in [6.45, 7) is 6.70. The summed E-state index contributed by atoms with van der Waals surface area (Å²) in [4.78, 5) is 52.2. The molecule has 1 saturated heterocycles. The van der Waals surface area contributed by atoms with Crippen LogP contribution in [0.5, 0.6) is 0 Å². The highest BCUT2D eigenvalue weighted by Crippen LogP contribution is 2.35. The Morgan fingerprint density at radius 2 is 1.78 bits per heavy atom. The Kier molecular flexibility index (Phi) is 13.1. The molecule has 1 aromatic heterocycles. The molecule has 2 aliphatic carbocycles. The van der Waals surface area contributed by atoms with Gasteiger partial charge in [0.25, 0.3) is 0 Å². The second-order valence-corrected chi connectivity index (χ2v) is 14.1. The number of hydrogen-bond acceptors (Lipinski definition) is 10. The standard InChI is InChI=1S/C35H51F3N8O5/c1-21(2)45(3)25-5-7-30(29(19-25)44-33(48)22-16-24(17-22)42-31(47)9-12-50-14-15-51-13-10-39)46-11-8-28(34(46)49)43-32-26-18-23(35(36,37)38)4-6-27(26)40-20-41-32/h4,6,18,20-22,24-25,28-30H,5,7-17,19,39H2,1-3H3,(H,42,47)(H,44,48)(H,40,41,43)/t22?,24?,25-,28+,29-,30+/m1/s1. The fourth-order valence-electron chi connectivity index (χ4n) is 7.25. The molecule has 0 bridgehead atoms. The maximum Gasteiger partial charge on any atom is 0.416 e. The Bertz CT molecular complexity index is 1510. The Hall–Kier alpha value is -3.60. The van der Waals surface area contributed by atoms with Crippen molar-refractivity contribution >= 4 is 34.4 Å². The summed E-state index contributed by atoms with van der Waals surface area (Å²) >= 11 is 0. The number of anilines is 1. The largest absolute Gasteiger partial charge is 0.416 e. The van der Waals surface area contributed by atoms with Crippen LogP contribution in [0.15, 0.2) is 24.5 Å². The zero-order valence-electron chi connectivity index (χ0n) is 29.6. The number of carbonyl (C=O) groups is 3. The van der Waals surface area contributed by atoms with Crippen LogP contribution >= 0.6 is 0 Å². The minimum absolute atomic E-state index is 0.0832. The van der Waals surface area contributed by atoms with Crippen LogP contribution in [0.1, 0.15) is 64.4 Å². The van der Waals surface area contributed by atoms with Crippen LogP contribution in [0.3, 0.4) is 0 Å². The number of nitrogens with zero attached hydrogens (tertiary/aromatic N) is 4. The first-order valence-corrected chi connectivity index (χ1v) is 17.9. The van der Waals surface area contributed by atoms with Gasteiger partial charge in [-0.3, -0.25) is 14.4 Å². The van der Waals surface area contributed by atoms with E-state index in [2.05, 4.69) is 51.7 Å². The van der Waals surface area contributed by atoms with E-state index < -0.39 is 17.8 Å². The summed E-state index contributed by atoms with van der Waals surface area (Å²) in [5.41, 5.74) is 4.89. The van der Waals surface area contributed by atoms with E-state index in [0.29, 0.717) is 76.6 Å². The number of aromatic nitrogens is 2. The molecule has 16 heteroatoms. The number of benzene rings is 1. The van der Waals surface area contributed by atoms with Gasteiger partial charge in [0.05, 0.1) is 49.6 Å². The highest BCUT2D eigenvalue weighted by molar-refractivity contribution is 5.93. The van der Waals surface area contributed by atoms with Crippen molar-refractivity contribution in [3.8, 4) is 0 Å². The van der Waals surface area contributed by atoms with E-state index in [1.165, 1.54) is 12.4 Å². The van der Waals surface area contributed by atoms with Crippen LogP contribution in [-0.4, -0.2) is 120 Å². The zero-order valence-corrected chi connectivity index (χ0v) is 29.6. The number of halogens is 3. The van der Waals surface area contributed by atoms with Crippen LogP contribution in [0.25, 0.3) is 10.9 Å². The average molecular weight is 721 g/mol. The van der Waals surface area contributed by atoms with Crippen LogP contribution in [0.2, 0.25) is 0 Å². The van der Waals surface area contributed by atoms with Crippen molar-refractivity contribution < 1.29 is 37.0 Å². The van der Waals surface area contributed by atoms with Crippen molar-refractivity contribution in [3.05, 3.63) is 30.1 Å². The fraction of sp³-hybridized carbons (Fsp3) is 0.686. The number of amides is 3. The highest BCUT2D eigenvalue weighted by Gasteiger charge is 2.45. The molecule has 4 atom stereocenters. The van der Waals surface area contributed by atoms with E-state index in [0.717, 1.165) is 18.6 Å². The summed E-state index contributed by atoms with van der Waals surface area (Å²) < 4.78 is 51.1. The van der Waals surface area contributed by atoms with E-state index in [-0.39, 0.29) is 72.0 Å². The molecular weight excluding hydrogens is 669 g/mol. The predicted molar refractivity (Wildman–Crippen MR) is 185 cm³/mol. The normalized spacial score (nSPS) is 25.4. The molecule has 1 aliphatic heterocycles. The Morgan fingerprint density at radius 1 is 1.04 bits per heavy atom. The summed E-state index contributed by atoms with van der Waals surface area (Å²) in [6, 6.07) is 2.51. The van der Waals surface area contributed by atoms with Crippen molar-refractivity contribution in [2.24, 2.45) is 11.7 Å². The lowest BCUT2D eigenvalue weighted by molar-refractivity contribution is -0.137. The SMILES string of the molecule is CC(C)N(C)[C@@H]1CC[C@H](N2CC[C@H](Nc3ncnc4ccc(C(F)(F)F)cc34)C2=O)[C@H](NC(=O)C2CC(NC(=O)CCOCCOCCN)C2)C1. The molecule has 0 radical (unpaired) electrons. The zero-order chi connectivity index (χ0) is 36.7. The average Bonchev–Trinajstić information content (AvgIpc) is 3.43. The van der Waals surface area contributed by atoms with E-state index in [9.17, 15) is 27.6 Å². The number of carbonyl (C=O) groups excluding carboxylic acids is 3. The molecule has 2 aromatic rings. The smallest absolute Gasteiger partial charge is 0.379 e. The van der Waals surface area contributed by atoms with Gasteiger partial charge in [0, 0.05) is 48.9 Å². The quantitative estimate of drug-likeness (QED) is 0.190. The Morgan fingerprint density at radius 3 is 2.49 bits per heavy atom. The van der Waals surface area contributed by atoms with Gasteiger partial charge in [-0.25, -0.2) is 9.97 Å². The second-order valence-electron chi connectivity index (χ2n) is 14.1. The number of rotatable bonds is 16. The number of nitrogens with one attached hydrogen (secondary N) is 3. The van der Waals surface area contributed by atoms with E-state index in [1.54, 1.807) is 0 Å². The van der Waals surface area contributed by atoms with Gasteiger partial charge in [0.2, 0.25) is 17.7 Å². The third-order valence-corrected chi connectivity index (χ3v) is 10.4. The van der Waals surface area contributed by atoms with E-state index in [4.69, 9.17) is 15.2 Å². The second kappa shape index (κ2) is 17.3. The van der Waals surface area contributed by atoms with Gasteiger partial charge in [-0.1, -0.05) is 0 Å². The van der Waals surface area contributed by atoms with Crippen molar-refractivity contribution in [1.82, 2.24) is 30.4 Å². The molecule has 5 rings (SSSR count). The summed E-state index contributed by atoms with van der Waals surface area (Å²) in [5.74, 6) is -0.456. The summed E-state index contributed by atoms with van der Waals surface area (Å²) in [7, 11) is 2.08. The monoisotopic (exact) mass is 720 g/mol. The molecule has 51 heavy (non-hydrogen) atoms. The molecule has 282 valence electrons. The minimum Gasteiger partial charge on any atom is -0.379 e. The van der Waals surface area contributed by atoms with Crippen molar-refractivity contribution in [1.29, 1.82) is 0 Å². The molecule has 13 nitrogen and oxygen atoms in total. The van der Waals surface area contributed by atoms with Gasteiger partial charge in [-0.2, -0.15) is 13.2 Å². The predicted octanol–water partition coefficient (Wildman–Crippen LogP) is 2.68. The van der Waals surface area contributed by atoms with Crippen molar-refractivity contribution in [2.45, 2.75) is 101 Å². The van der Waals surface area contributed by atoms with Crippen molar-refractivity contribution in [2.75, 3.05) is 51.9 Å². The van der Waals surface area contributed by atoms with Crippen molar-refractivity contribution in [3.63, 3.8) is 0 Å². The first-order valence-electron chi connectivity index (χ1n) is 17.9. The molecule has 2 heterocycles. The molecular formula is C35H51F3N8O5. The van der Waals surface area contributed by atoms with E-state index >= 15 is 0 Å². The lowest BCUT2D eigenvalue weighted by Crippen LogP contribution is -2.60. The van der Waals surface area contributed by atoms with Gasteiger partial charge in [-0.15, -0.1) is 0 Å². The van der Waals surface area contributed by atoms with Gasteiger partial charge >= 0.3 is 6.18 Å². The third kappa shape index (κ3) is 9.84. The van der Waals surface area contributed by atoms with Gasteiger partial charge in [0.15, 0.2) is 0 Å². The molecule has 3 amide bonds. The molecule has 5 N–H and O–H groups in total. The molecule has 0 spiro atoms. The number of ether oxygens (including phenoxy) is 2. The number of alkyl halides is 3. The molecule has 3 fully saturated rings. The minimum atomic E-state index is -4.53. The maximum absolute atomic E-state index is 13.9. The molecule has 3 aliphatic rings. The molecule has 2 saturated carbocycles. The molecule has 1 aromatic carbocycles. The van der Waals surface area contributed by atoms with Crippen LogP contribution in [0, 0.1) is 5.92 Å². The summed E-state index contributed by atoms with van der Waals surface area (Å²) in [5, 5.41) is 9.55. The van der Waals surface area contributed by atoms with E-state index in [1.807, 2.05) is 4.90 Å². The maximum atomic E-state index is 13.9. The lowest BCUT2D eigenvalue weighted by Gasteiger charge is -2.45. The lowest BCUT2D eigenvalue weighted by atomic mass is 9.78. The Balaban J connectivity index is 1.18. The van der Waals surface area contributed by atoms with Gasteiger partial charge < -0.3 is 41.0 Å². The topological polar surface area (TPSA) is 164 Å². The van der Waals surface area contributed by atoms with Crippen LogP contribution in [-0.2, 0) is 30.0 Å². The molecule has 0 unspecified atom stereocenters. The number of nitrogens with two attached hydrogens (primary N) is 1. The highest BCUT2D eigenvalue weighted by atomic mass is 19.4. The first-order chi connectivity index (χ1) is 24.3. The third-order valence-electron chi connectivity index (χ3n) is 10.4. The Labute approximate surface area is 296 Å². The first kappa shape index (κ1) is 38.6. The fourth-order valence-corrected chi connectivity index (χ4v) is 7.25.